The SMILES string of the molecule is CNc1nccc(CN2C(=O)NC(C)(C)C2=O)n1. The Balaban J connectivity index is 2.19. The molecule has 0 spiro atoms. The minimum atomic E-state index is -0.851. The Morgan fingerprint density at radius 2 is 2.17 bits per heavy atom. The number of imide groups is 1. The van der Waals surface area contributed by atoms with E-state index in [4.69, 9.17) is 0 Å². The van der Waals surface area contributed by atoms with Gasteiger partial charge in [0.1, 0.15) is 5.54 Å². The highest BCUT2D eigenvalue weighted by Crippen LogP contribution is 2.18. The molecule has 0 radical (unpaired) electrons. The van der Waals surface area contributed by atoms with Crippen molar-refractivity contribution in [2.24, 2.45) is 0 Å². The molecule has 1 aliphatic heterocycles. The van der Waals surface area contributed by atoms with Gasteiger partial charge in [0.05, 0.1) is 12.2 Å². The first-order valence-corrected chi connectivity index (χ1v) is 5.58. The van der Waals surface area contributed by atoms with E-state index in [-0.39, 0.29) is 12.5 Å². The Morgan fingerprint density at radius 1 is 1.44 bits per heavy atom. The van der Waals surface area contributed by atoms with Crippen LogP contribution in [0.2, 0.25) is 0 Å². The van der Waals surface area contributed by atoms with Gasteiger partial charge in [0.25, 0.3) is 5.91 Å². The van der Waals surface area contributed by atoms with Crippen molar-refractivity contribution in [2.75, 3.05) is 12.4 Å². The van der Waals surface area contributed by atoms with Crippen molar-refractivity contribution in [2.45, 2.75) is 25.9 Å². The van der Waals surface area contributed by atoms with Crippen molar-refractivity contribution in [3.8, 4) is 0 Å². The van der Waals surface area contributed by atoms with Gasteiger partial charge in [-0.05, 0) is 19.9 Å². The topological polar surface area (TPSA) is 87.2 Å². The Morgan fingerprint density at radius 3 is 2.72 bits per heavy atom. The van der Waals surface area contributed by atoms with Gasteiger partial charge in [-0.15, -0.1) is 0 Å². The van der Waals surface area contributed by atoms with E-state index in [1.54, 1.807) is 33.2 Å². The molecular weight excluding hydrogens is 234 g/mol. The molecule has 2 heterocycles. The standard InChI is InChI=1S/C11H15N5O2/c1-11(2)8(17)16(10(18)15-11)6-7-4-5-13-9(12-3)14-7/h4-5H,6H2,1-3H3,(H,15,18)(H,12,13,14). The average Bonchev–Trinajstić information content (AvgIpc) is 2.52. The molecule has 96 valence electrons. The minimum absolute atomic E-state index is 0.144. The van der Waals surface area contributed by atoms with Gasteiger partial charge in [0.15, 0.2) is 0 Å². The van der Waals surface area contributed by atoms with Crippen molar-refractivity contribution in [3.63, 3.8) is 0 Å². The van der Waals surface area contributed by atoms with Crippen LogP contribution in [0, 0.1) is 0 Å². The second-order valence-electron chi connectivity index (χ2n) is 4.57. The van der Waals surface area contributed by atoms with Crippen LogP contribution < -0.4 is 10.6 Å². The van der Waals surface area contributed by atoms with E-state index in [0.717, 1.165) is 4.90 Å². The Labute approximate surface area is 105 Å². The number of amides is 3. The van der Waals surface area contributed by atoms with Gasteiger partial charge >= 0.3 is 6.03 Å². The zero-order valence-corrected chi connectivity index (χ0v) is 10.5. The highest BCUT2D eigenvalue weighted by atomic mass is 16.2. The van der Waals surface area contributed by atoms with E-state index in [0.29, 0.717) is 11.6 Å². The lowest BCUT2D eigenvalue weighted by Crippen LogP contribution is -2.40. The number of hydrogen-bond donors (Lipinski definition) is 2. The van der Waals surface area contributed by atoms with Crippen LogP contribution in [-0.2, 0) is 11.3 Å². The summed E-state index contributed by atoms with van der Waals surface area (Å²) in [4.78, 5) is 33.0. The number of urea groups is 1. The van der Waals surface area contributed by atoms with Crippen LogP contribution in [-0.4, -0.2) is 39.4 Å². The second kappa shape index (κ2) is 4.25. The van der Waals surface area contributed by atoms with Gasteiger partial charge in [-0.1, -0.05) is 0 Å². The molecule has 7 heteroatoms. The molecule has 3 amide bonds. The number of aromatic nitrogens is 2. The molecule has 0 unspecified atom stereocenters. The smallest absolute Gasteiger partial charge is 0.325 e. The number of carbonyl (C=O) groups excluding carboxylic acids is 2. The normalized spacial score (nSPS) is 17.8. The predicted octanol–water partition coefficient (Wildman–Crippen LogP) is 0.349. The molecule has 0 atom stereocenters. The average molecular weight is 249 g/mol. The summed E-state index contributed by atoms with van der Waals surface area (Å²) < 4.78 is 0. The molecule has 1 aliphatic rings. The van der Waals surface area contributed by atoms with E-state index < -0.39 is 11.6 Å². The van der Waals surface area contributed by atoms with E-state index in [9.17, 15) is 9.59 Å². The number of hydrogen-bond acceptors (Lipinski definition) is 5. The number of anilines is 1. The van der Waals surface area contributed by atoms with E-state index >= 15 is 0 Å². The van der Waals surface area contributed by atoms with E-state index in [2.05, 4.69) is 20.6 Å². The summed E-state index contributed by atoms with van der Waals surface area (Å²) in [6.45, 7) is 3.49. The molecule has 0 aliphatic carbocycles. The highest BCUT2D eigenvalue weighted by molar-refractivity contribution is 6.06. The van der Waals surface area contributed by atoms with Gasteiger partial charge in [0, 0.05) is 13.2 Å². The zero-order valence-electron chi connectivity index (χ0n) is 10.5. The zero-order chi connectivity index (χ0) is 13.3. The Hall–Kier alpha value is -2.18. The van der Waals surface area contributed by atoms with Gasteiger partial charge in [-0.25, -0.2) is 14.8 Å². The molecule has 1 aromatic heterocycles. The highest BCUT2D eigenvalue weighted by Gasteiger charge is 2.44. The fourth-order valence-electron chi connectivity index (χ4n) is 1.73. The molecule has 0 aromatic carbocycles. The monoisotopic (exact) mass is 249 g/mol. The lowest BCUT2D eigenvalue weighted by atomic mass is 10.1. The number of rotatable bonds is 3. The van der Waals surface area contributed by atoms with Gasteiger partial charge in [0.2, 0.25) is 5.95 Å². The molecule has 1 aromatic rings. The molecule has 1 fully saturated rings. The van der Waals surface area contributed by atoms with Gasteiger partial charge in [-0.3, -0.25) is 9.69 Å². The Bertz CT molecular complexity index is 500. The first-order valence-electron chi connectivity index (χ1n) is 5.58. The van der Waals surface area contributed by atoms with Crippen LogP contribution in [0.25, 0.3) is 0 Å². The summed E-state index contributed by atoms with van der Waals surface area (Å²) in [7, 11) is 1.70. The van der Waals surface area contributed by atoms with Crippen LogP contribution in [0.15, 0.2) is 12.3 Å². The lowest BCUT2D eigenvalue weighted by Gasteiger charge is -2.15. The molecule has 0 bridgehead atoms. The minimum Gasteiger partial charge on any atom is -0.357 e. The van der Waals surface area contributed by atoms with Crippen LogP contribution in [0.3, 0.4) is 0 Å². The first kappa shape index (κ1) is 12.3. The predicted molar refractivity (Wildman–Crippen MR) is 64.7 cm³/mol. The summed E-state index contributed by atoms with van der Waals surface area (Å²) in [5.74, 6) is 0.205. The summed E-state index contributed by atoms with van der Waals surface area (Å²) >= 11 is 0. The summed E-state index contributed by atoms with van der Waals surface area (Å²) in [5, 5.41) is 5.42. The molecule has 1 saturated heterocycles. The number of nitrogens with zero attached hydrogens (tertiary/aromatic N) is 3. The quantitative estimate of drug-likeness (QED) is 0.755. The fraction of sp³-hybridized carbons (Fsp3) is 0.455. The molecule has 0 saturated carbocycles. The van der Waals surface area contributed by atoms with Crippen LogP contribution in [0.5, 0.6) is 0 Å². The summed E-state index contributed by atoms with van der Waals surface area (Å²) in [6.07, 6.45) is 1.58. The molecule has 18 heavy (non-hydrogen) atoms. The third kappa shape index (κ3) is 2.11. The third-order valence-electron chi connectivity index (χ3n) is 2.70. The summed E-state index contributed by atoms with van der Waals surface area (Å²) in [5.41, 5.74) is -0.244. The van der Waals surface area contributed by atoms with Crippen molar-refractivity contribution >= 4 is 17.9 Å². The van der Waals surface area contributed by atoms with Crippen molar-refractivity contribution in [1.29, 1.82) is 0 Å². The molecular formula is C11H15N5O2. The maximum atomic E-state index is 12.0. The largest absolute Gasteiger partial charge is 0.357 e. The fourth-order valence-corrected chi connectivity index (χ4v) is 1.73. The number of nitrogens with one attached hydrogen (secondary N) is 2. The lowest BCUT2D eigenvalue weighted by molar-refractivity contribution is -0.130. The van der Waals surface area contributed by atoms with E-state index in [1.165, 1.54) is 0 Å². The first-order chi connectivity index (χ1) is 8.44. The van der Waals surface area contributed by atoms with Gasteiger partial charge in [-0.2, -0.15) is 0 Å². The van der Waals surface area contributed by atoms with Crippen LogP contribution in [0.1, 0.15) is 19.5 Å². The van der Waals surface area contributed by atoms with Crippen molar-refractivity contribution < 1.29 is 9.59 Å². The van der Waals surface area contributed by atoms with Crippen LogP contribution in [0.4, 0.5) is 10.7 Å². The molecule has 2 N–H and O–H groups in total. The van der Waals surface area contributed by atoms with E-state index in [1.807, 2.05) is 0 Å². The second-order valence-corrected chi connectivity index (χ2v) is 4.57. The van der Waals surface area contributed by atoms with Crippen molar-refractivity contribution in [3.05, 3.63) is 18.0 Å². The summed E-state index contributed by atoms with van der Waals surface area (Å²) in [6, 6.07) is 1.28. The Kier molecular flexibility index (Phi) is 2.90. The number of carbonyl (C=O) groups is 2. The van der Waals surface area contributed by atoms with Gasteiger partial charge < -0.3 is 10.6 Å². The van der Waals surface area contributed by atoms with Crippen molar-refractivity contribution in [1.82, 2.24) is 20.2 Å². The molecule has 7 nitrogen and oxygen atoms in total. The van der Waals surface area contributed by atoms with Crippen LogP contribution >= 0.6 is 0 Å². The molecule has 2 rings (SSSR count). The third-order valence-corrected chi connectivity index (χ3v) is 2.70. The maximum Gasteiger partial charge on any atom is 0.325 e. The maximum absolute atomic E-state index is 12.0.